The zero-order valence-electron chi connectivity index (χ0n) is 25.0. The van der Waals surface area contributed by atoms with E-state index in [-0.39, 0.29) is 30.0 Å². The maximum absolute atomic E-state index is 13.4. The van der Waals surface area contributed by atoms with Gasteiger partial charge in [-0.25, -0.2) is 9.78 Å². The number of ether oxygens (including phenoxy) is 5. The van der Waals surface area contributed by atoms with E-state index < -0.39 is 66.5 Å². The molecule has 1 saturated heterocycles. The normalized spacial score (nSPS) is 20.5. The van der Waals surface area contributed by atoms with E-state index in [1.165, 1.54) is 26.3 Å². The molecule has 1 aromatic carbocycles. The van der Waals surface area contributed by atoms with Gasteiger partial charge < -0.3 is 29.0 Å². The van der Waals surface area contributed by atoms with E-state index in [2.05, 4.69) is 10.3 Å². The highest BCUT2D eigenvalue weighted by Crippen LogP contribution is 2.30. The standard InChI is InChI=1S/C31H38N2O10/c1-6-7-13-24(34)42-27-23(39-5)14-15-32-25(27)28(35)33-22-17-40-30(37)21(16-20-11-9-8-10-12-20)26(19(4)41-31(22)38)43-29(36)18(2)3/h8-12,14-15,18-19,21-22,26H,6-7,13,16-17H2,1-5H3,(H,33,35)/t19-,21+,22-,26?/m0/s1. The third-order valence-corrected chi connectivity index (χ3v) is 6.72. The molecule has 2 heterocycles. The van der Waals surface area contributed by atoms with Crippen molar-refractivity contribution in [1.29, 1.82) is 0 Å². The molecular formula is C31H38N2O10. The molecule has 1 unspecified atom stereocenters. The van der Waals surface area contributed by atoms with Gasteiger partial charge in [-0.3, -0.25) is 19.2 Å². The molecule has 2 aromatic rings. The Kier molecular flexibility index (Phi) is 12.0. The molecule has 1 N–H and O–H groups in total. The Bertz CT molecular complexity index is 1300. The van der Waals surface area contributed by atoms with E-state index in [0.29, 0.717) is 6.42 Å². The van der Waals surface area contributed by atoms with E-state index in [1.807, 2.05) is 37.3 Å². The molecule has 1 aromatic heterocycles. The van der Waals surface area contributed by atoms with Crippen molar-refractivity contribution in [1.82, 2.24) is 10.3 Å². The van der Waals surface area contributed by atoms with Gasteiger partial charge in [0.05, 0.1) is 13.0 Å². The predicted octanol–water partition coefficient (Wildman–Crippen LogP) is 3.20. The van der Waals surface area contributed by atoms with Gasteiger partial charge >= 0.3 is 23.9 Å². The summed E-state index contributed by atoms with van der Waals surface area (Å²) in [5.74, 6) is -5.36. The molecule has 1 amide bonds. The van der Waals surface area contributed by atoms with Gasteiger partial charge in [0.1, 0.15) is 18.6 Å². The molecule has 43 heavy (non-hydrogen) atoms. The van der Waals surface area contributed by atoms with Crippen LogP contribution in [0.15, 0.2) is 42.6 Å². The lowest BCUT2D eigenvalue weighted by molar-refractivity contribution is -0.176. The van der Waals surface area contributed by atoms with Crippen LogP contribution < -0.4 is 14.8 Å². The molecule has 4 atom stereocenters. The number of pyridine rings is 1. The third-order valence-electron chi connectivity index (χ3n) is 6.72. The molecule has 12 heteroatoms. The van der Waals surface area contributed by atoms with E-state index in [9.17, 15) is 24.0 Å². The number of carbonyl (C=O) groups is 5. The highest BCUT2D eigenvalue weighted by molar-refractivity contribution is 5.99. The first-order chi connectivity index (χ1) is 20.5. The number of cyclic esters (lactones) is 2. The van der Waals surface area contributed by atoms with Gasteiger partial charge in [-0.15, -0.1) is 0 Å². The van der Waals surface area contributed by atoms with Gasteiger partial charge in [0.15, 0.2) is 23.6 Å². The van der Waals surface area contributed by atoms with Gasteiger partial charge in [-0.2, -0.15) is 0 Å². The number of nitrogens with zero attached hydrogens (tertiary/aromatic N) is 1. The van der Waals surface area contributed by atoms with Crippen LogP contribution in [0.25, 0.3) is 0 Å². The summed E-state index contributed by atoms with van der Waals surface area (Å²) in [6.45, 7) is 6.14. The average molecular weight is 599 g/mol. The summed E-state index contributed by atoms with van der Waals surface area (Å²) in [7, 11) is 1.34. The number of carbonyl (C=O) groups excluding carboxylic acids is 5. The number of amides is 1. The van der Waals surface area contributed by atoms with Crippen molar-refractivity contribution in [2.75, 3.05) is 13.7 Å². The monoisotopic (exact) mass is 598 g/mol. The summed E-state index contributed by atoms with van der Waals surface area (Å²) < 4.78 is 27.5. The van der Waals surface area contributed by atoms with Crippen molar-refractivity contribution in [2.24, 2.45) is 11.8 Å². The molecule has 0 bridgehead atoms. The van der Waals surface area contributed by atoms with Crippen LogP contribution >= 0.6 is 0 Å². The Labute approximate surface area is 250 Å². The molecule has 1 aliphatic heterocycles. The smallest absolute Gasteiger partial charge is 0.332 e. The fraction of sp³-hybridized carbons (Fsp3) is 0.484. The fourth-order valence-corrected chi connectivity index (χ4v) is 4.31. The Morgan fingerprint density at radius 2 is 1.81 bits per heavy atom. The summed E-state index contributed by atoms with van der Waals surface area (Å²) in [6, 6.07) is 9.04. The van der Waals surface area contributed by atoms with E-state index in [1.54, 1.807) is 13.8 Å². The molecule has 0 saturated carbocycles. The molecule has 0 spiro atoms. The van der Waals surface area contributed by atoms with Crippen molar-refractivity contribution in [3.8, 4) is 11.5 Å². The van der Waals surface area contributed by atoms with Gasteiger partial charge in [-0.05, 0) is 25.3 Å². The van der Waals surface area contributed by atoms with Crippen molar-refractivity contribution >= 4 is 29.8 Å². The highest BCUT2D eigenvalue weighted by atomic mass is 16.6. The van der Waals surface area contributed by atoms with Gasteiger partial charge in [0.2, 0.25) is 5.75 Å². The lowest BCUT2D eigenvalue weighted by atomic mass is 9.91. The van der Waals surface area contributed by atoms with Crippen LogP contribution in [-0.2, 0) is 39.8 Å². The fourth-order valence-electron chi connectivity index (χ4n) is 4.31. The maximum Gasteiger partial charge on any atom is 0.332 e. The topological polar surface area (TPSA) is 156 Å². The second-order valence-electron chi connectivity index (χ2n) is 10.4. The van der Waals surface area contributed by atoms with Gasteiger partial charge in [0.25, 0.3) is 5.91 Å². The number of aromatic nitrogens is 1. The maximum atomic E-state index is 13.4. The van der Waals surface area contributed by atoms with Gasteiger partial charge in [-0.1, -0.05) is 57.5 Å². The van der Waals surface area contributed by atoms with E-state index >= 15 is 0 Å². The molecule has 1 fully saturated rings. The molecule has 0 aliphatic carbocycles. The molecule has 0 radical (unpaired) electrons. The minimum atomic E-state index is -1.45. The molecular weight excluding hydrogens is 560 g/mol. The number of rotatable bonds is 11. The van der Waals surface area contributed by atoms with Crippen LogP contribution in [-0.4, -0.2) is 66.7 Å². The van der Waals surface area contributed by atoms with Crippen LogP contribution in [0.1, 0.15) is 63.0 Å². The minimum absolute atomic E-state index is 0.0839. The SMILES string of the molecule is CCCCC(=O)Oc1c(OC)ccnc1C(=O)N[C@H]1COC(=O)[C@H](Cc2ccccc2)C(OC(=O)C(C)C)[C@H](C)OC1=O. The lowest BCUT2D eigenvalue weighted by Gasteiger charge is -2.29. The first-order valence-electron chi connectivity index (χ1n) is 14.2. The first-order valence-corrected chi connectivity index (χ1v) is 14.2. The third kappa shape index (κ3) is 9.00. The van der Waals surface area contributed by atoms with Crippen LogP contribution in [0.5, 0.6) is 11.5 Å². The second kappa shape index (κ2) is 15.7. The van der Waals surface area contributed by atoms with Crippen molar-refractivity contribution < 1.29 is 47.7 Å². The highest BCUT2D eigenvalue weighted by Gasteiger charge is 2.42. The van der Waals surface area contributed by atoms with Crippen LogP contribution in [0, 0.1) is 11.8 Å². The van der Waals surface area contributed by atoms with Crippen LogP contribution in [0.3, 0.4) is 0 Å². The Balaban J connectivity index is 1.88. The molecule has 3 rings (SSSR count). The number of hydrogen-bond donors (Lipinski definition) is 1. The van der Waals surface area contributed by atoms with Crippen molar-refractivity contribution in [3.05, 3.63) is 53.9 Å². The number of nitrogens with one attached hydrogen (secondary N) is 1. The van der Waals surface area contributed by atoms with E-state index in [4.69, 9.17) is 23.7 Å². The quantitative estimate of drug-likeness (QED) is 0.299. The summed E-state index contributed by atoms with van der Waals surface area (Å²) in [5, 5.41) is 2.46. The number of benzene rings is 1. The average Bonchev–Trinajstić information content (AvgIpc) is 3.02. The van der Waals surface area contributed by atoms with Gasteiger partial charge in [0, 0.05) is 18.7 Å². The van der Waals surface area contributed by atoms with Crippen LogP contribution in [0.4, 0.5) is 0 Å². The predicted molar refractivity (Wildman–Crippen MR) is 152 cm³/mol. The Hall–Kier alpha value is -4.48. The molecule has 1 aliphatic rings. The van der Waals surface area contributed by atoms with Crippen LogP contribution in [0.2, 0.25) is 0 Å². The first kappa shape index (κ1) is 33.0. The second-order valence-corrected chi connectivity index (χ2v) is 10.4. The number of esters is 4. The van der Waals surface area contributed by atoms with E-state index in [0.717, 1.165) is 12.0 Å². The Morgan fingerprint density at radius 1 is 1.09 bits per heavy atom. The summed E-state index contributed by atoms with van der Waals surface area (Å²) in [4.78, 5) is 69.0. The van der Waals surface area contributed by atoms with Crippen molar-refractivity contribution in [2.45, 2.75) is 71.6 Å². The summed E-state index contributed by atoms with van der Waals surface area (Å²) >= 11 is 0. The number of methoxy groups -OCH3 is 1. The zero-order valence-corrected chi connectivity index (χ0v) is 25.0. The Morgan fingerprint density at radius 3 is 2.47 bits per heavy atom. The number of unbranched alkanes of at least 4 members (excludes halogenated alkanes) is 1. The largest absolute Gasteiger partial charge is 0.493 e. The number of hydrogen-bond acceptors (Lipinski definition) is 11. The lowest BCUT2D eigenvalue weighted by Crippen LogP contribution is -2.47. The minimum Gasteiger partial charge on any atom is -0.493 e. The summed E-state index contributed by atoms with van der Waals surface area (Å²) in [5.41, 5.74) is 0.463. The molecule has 232 valence electrons. The summed E-state index contributed by atoms with van der Waals surface area (Å²) in [6.07, 6.45) is 0.661. The molecule has 12 nitrogen and oxygen atoms in total. The zero-order chi connectivity index (χ0) is 31.5. The van der Waals surface area contributed by atoms with Crippen molar-refractivity contribution in [3.63, 3.8) is 0 Å².